The van der Waals surface area contributed by atoms with Crippen molar-refractivity contribution in [1.29, 1.82) is 0 Å². The average Bonchev–Trinajstić information content (AvgIpc) is 2.84. The zero-order valence-electron chi connectivity index (χ0n) is 21.2. The summed E-state index contributed by atoms with van der Waals surface area (Å²) in [6.45, 7) is 3.08. The summed E-state index contributed by atoms with van der Waals surface area (Å²) in [5.74, 6) is -2.54. The summed E-state index contributed by atoms with van der Waals surface area (Å²) in [5, 5.41) is 25.3. The summed E-state index contributed by atoms with van der Waals surface area (Å²) < 4.78 is 6.03. The van der Waals surface area contributed by atoms with Crippen molar-refractivity contribution < 1.29 is 29.3 Å². The van der Waals surface area contributed by atoms with E-state index in [9.17, 15) is 24.6 Å². The van der Waals surface area contributed by atoms with Gasteiger partial charge in [0.25, 0.3) is 0 Å². The maximum absolute atomic E-state index is 12.9. The second-order valence-corrected chi connectivity index (χ2v) is 9.68. The molecule has 0 radical (unpaired) electrons. The molecule has 1 unspecified atom stereocenters. The smallest absolute Gasteiger partial charge is 0.336 e. The summed E-state index contributed by atoms with van der Waals surface area (Å²) in [4.78, 5) is 38.3. The number of carboxylic acids is 2. The number of aryl methyl sites for hydroxylation is 2. The maximum Gasteiger partial charge on any atom is 0.336 e. The lowest BCUT2D eigenvalue weighted by atomic mass is 9.78. The van der Waals surface area contributed by atoms with Gasteiger partial charge in [0, 0.05) is 36.1 Å². The zero-order chi connectivity index (χ0) is 26.7. The van der Waals surface area contributed by atoms with Gasteiger partial charge in [0.2, 0.25) is 5.91 Å². The second kappa shape index (κ2) is 11.0. The van der Waals surface area contributed by atoms with E-state index in [1.807, 2.05) is 50.2 Å². The lowest BCUT2D eigenvalue weighted by Crippen LogP contribution is -2.39. The summed E-state index contributed by atoms with van der Waals surface area (Å²) in [6, 6.07) is 11.0. The summed E-state index contributed by atoms with van der Waals surface area (Å²) in [6.07, 6.45) is 3.02. The fourth-order valence-corrected chi connectivity index (χ4v) is 4.71. The van der Waals surface area contributed by atoms with E-state index in [1.54, 1.807) is 12.1 Å². The normalized spacial score (nSPS) is 17.2. The number of hydrogen-bond donors (Lipinski definition) is 2. The molecule has 1 amide bonds. The molecule has 0 saturated heterocycles. The first kappa shape index (κ1) is 26.1. The Balaban J connectivity index is 1.79. The van der Waals surface area contributed by atoms with Crippen LogP contribution in [0, 0.1) is 12.8 Å². The third kappa shape index (κ3) is 5.89. The molecule has 4 rings (SSSR count). The molecule has 0 fully saturated rings. The molecule has 9 nitrogen and oxygen atoms in total. The van der Waals surface area contributed by atoms with Gasteiger partial charge in [0.15, 0.2) is 0 Å². The van der Waals surface area contributed by atoms with Crippen LogP contribution >= 0.6 is 0 Å². The molecule has 2 aromatic rings. The van der Waals surface area contributed by atoms with Crippen molar-refractivity contribution in [3.8, 4) is 5.75 Å². The predicted octanol–water partition coefficient (Wildman–Crippen LogP) is 3.58. The number of aliphatic carboxylic acids is 2. The topological polar surface area (TPSA) is 120 Å². The average molecular weight is 506 g/mol. The van der Waals surface area contributed by atoms with E-state index in [1.165, 1.54) is 5.01 Å². The Bertz CT molecular complexity index is 1280. The highest BCUT2D eigenvalue weighted by atomic mass is 16.5. The van der Waals surface area contributed by atoms with Crippen molar-refractivity contribution in [2.75, 3.05) is 32.3 Å². The molecule has 1 atom stereocenters. The van der Waals surface area contributed by atoms with Crippen LogP contribution < -0.4 is 9.75 Å². The molecule has 1 heterocycles. The molecule has 2 N–H and O–H groups in total. The minimum absolute atomic E-state index is 0.0531. The molecule has 0 saturated carbocycles. The highest BCUT2D eigenvalue weighted by molar-refractivity contribution is 6.20. The Morgan fingerprint density at radius 3 is 2.57 bits per heavy atom. The summed E-state index contributed by atoms with van der Waals surface area (Å²) in [7, 11) is 3.90. The largest absolute Gasteiger partial charge is 0.493 e. The zero-order valence-corrected chi connectivity index (χ0v) is 21.2. The number of ether oxygens (including phenoxy) is 1. The molecule has 2 aliphatic rings. The molecule has 0 aromatic heterocycles. The Kier molecular flexibility index (Phi) is 7.73. The van der Waals surface area contributed by atoms with Gasteiger partial charge in [-0.25, -0.2) is 14.6 Å². The van der Waals surface area contributed by atoms with Crippen molar-refractivity contribution in [3.05, 3.63) is 64.7 Å². The first-order chi connectivity index (χ1) is 17.6. The van der Waals surface area contributed by atoms with Crippen LogP contribution in [0.15, 0.2) is 47.6 Å². The van der Waals surface area contributed by atoms with Gasteiger partial charge < -0.3 is 19.8 Å². The monoisotopic (exact) mass is 505 g/mol. The molecule has 37 heavy (non-hydrogen) atoms. The van der Waals surface area contributed by atoms with Gasteiger partial charge in [0.05, 0.1) is 23.6 Å². The van der Waals surface area contributed by atoms with E-state index < -0.39 is 11.9 Å². The first-order valence-electron chi connectivity index (χ1n) is 12.2. The van der Waals surface area contributed by atoms with Gasteiger partial charge in [-0.05, 0) is 70.1 Å². The third-order valence-corrected chi connectivity index (χ3v) is 6.57. The van der Waals surface area contributed by atoms with E-state index in [4.69, 9.17) is 9.84 Å². The number of hydrogen-bond acceptors (Lipinski definition) is 6. The van der Waals surface area contributed by atoms with Gasteiger partial charge in [0.1, 0.15) is 5.75 Å². The minimum atomic E-state index is -1.35. The van der Waals surface area contributed by atoms with Crippen molar-refractivity contribution in [3.63, 3.8) is 0 Å². The lowest BCUT2D eigenvalue weighted by Gasteiger charge is -2.34. The van der Waals surface area contributed by atoms with Gasteiger partial charge in [-0.2, -0.15) is 5.10 Å². The molecule has 0 spiro atoms. The lowest BCUT2D eigenvalue weighted by molar-refractivity contribution is -0.133. The number of anilines is 1. The number of fused-ring (bicyclic) bond motifs is 3. The molecule has 2 aromatic carbocycles. The number of carbonyl (C=O) groups is 3. The van der Waals surface area contributed by atoms with E-state index in [0.29, 0.717) is 44.1 Å². The fraction of sp³-hybridized carbons (Fsp3) is 0.357. The molecule has 1 aliphatic carbocycles. The Morgan fingerprint density at radius 2 is 1.92 bits per heavy atom. The van der Waals surface area contributed by atoms with Crippen LogP contribution in [-0.2, 0) is 20.8 Å². The summed E-state index contributed by atoms with van der Waals surface area (Å²) >= 11 is 0. The number of hydrazone groups is 1. The number of benzene rings is 2. The SMILES string of the molecule is Cc1ccc(N2N=C3c4cc(OCCCN(C)C)c(/C(=C\C(=O)O)C(=O)O)cc4CCC3CC2=O)cc1. The molecular weight excluding hydrogens is 474 g/mol. The van der Waals surface area contributed by atoms with Gasteiger partial charge in [-0.3, -0.25) is 4.79 Å². The number of nitrogens with zero attached hydrogens (tertiary/aromatic N) is 3. The van der Waals surface area contributed by atoms with Crippen LogP contribution in [0.3, 0.4) is 0 Å². The molecule has 0 bridgehead atoms. The number of carboxylic acid groups (broad SMARTS) is 2. The molecule has 194 valence electrons. The summed E-state index contributed by atoms with van der Waals surface area (Å²) in [5.41, 5.74) is 4.04. The molecular formula is C28H31N3O6. The van der Waals surface area contributed by atoms with E-state index >= 15 is 0 Å². The van der Waals surface area contributed by atoms with Gasteiger partial charge in [-0.15, -0.1) is 0 Å². The standard InChI is InChI=1S/C28H31N3O6/c1-17-5-9-20(10-6-17)31-25(32)14-19-8-7-18-13-22(23(28(35)36)16-26(33)34)24(15-21(18)27(19)29-31)37-12-4-11-30(2)3/h5-6,9-10,13,15-16,19H,4,7-8,11-12,14H2,1-3H3,(H,33,34)(H,35,36)/b23-16+. The van der Waals surface area contributed by atoms with E-state index in [0.717, 1.165) is 28.9 Å². The molecule has 9 heteroatoms. The number of amides is 1. The number of rotatable bonds is 9. The minimum Gasteiger partial charge on any atom is -0.493 e. The van der Waals surface area contributed by atoms with Gasteiger partial charge in [-0.1, -0.05) is 17.7 Å². The third-order valence-electron chi connectivity index (χ3n) is 6.57. The fourth-order valence-electron chi connectivity index (χ4n) is 4.71. The van der Waals surface area contributed by atoms with E-state index in [-0.39, 0.29) is 28.7 Å². The van der Waals surface area contributed by atoms with Crippen LogP contribution in [0.5, 0.6) is 5.75 Å². The molecule has 1 aliphatic heterocycles. The van der Waals surface area contributed by atoms with E-state index in [2.05, 4.69) is 0 Å². The Labute approximate surface area is 215 Å². The van der Waals surface area contributed by atoms with Crippen molar-refractivity contribution >= 4 is 34.8 Å². The maximum atomic E-state index is 12.9. The highest BCUT2D eigenvalue weighted by Gasteiger charge is 2.35. The highest BCUT2D eigenvalue weighted by Crippen LogP contribution is 2.38. The van der Waals surface area contributed by atoms with Crippen molar-refractivity contribution in [1.82, 2.24) is 4.90 Å². The van der Waals surface area contributed by atoms with Crippen LogP contribution in [-0.4, -0.2) is 65.9 Å². The van der Waals surface area contributed by atoms with Crippen LogP contribution in [0.25, 0.3) is 5.57 Å². The van der Waals surface area contributed by atoms with Crippen LogP contribution in [0.2, 0.25) is 0 Å². The first-order valence-corrected chi connectivity index (χ1v) is 12.2. The van der Waals surface area contributed by atoms with Crippen molar-refractivity contribution in [2.24, 2.45) is 11.0 Å². The van der Waals surface area contributed by atoms with Crippen LogP contribution in [0.4, 0.5) is 5.69 Å². The van der Waals surface area contributed by atoms with Gasteiger partial charge >= 0.3 is 11.9 Å². The van der Waals surface area contributed by atoms with Crippen molar-refractivity contribution in [2.45, 2.75) is 32.6 Å². The van der Waals surface area contributed by atoms with Crippen LogP contribution in [0.1, 0.15) is 41.5 Å². The second-order valence-electron chi connectivity index (χ2n) is 9.68. The Hall–Kier alpha value is -3.98. The number of carbonyl (C=O) groups excluding carboxylic acids is 1. The quantitative estimate of drug-likeness (QED) is 0.395. The Morgan fingerprint density at radius 1 is 1.19 bits per heavy atom. The predicted molar refractivity (Wildman–Crippen MR) is 140 cm³/mol.